The third kappa shape index (κ3) is 2.80. The molecule has 1 aromatic rings. The molecule has 1 rings (SSSR count). The van der Waals surface area contributed by atoms with Crippen molar-refractivity contribution in [3.05, 3.63) is 22.5 Å². The Morgan fingerprint density at radius 1 is 1.64 bits per heavy atom. The van der Waals surface area contributed by atoms with Crippen LogP contribution >= 0.6 is 12.2 Å². The van der Waals surface area contributed by atoms with Crippen LogP contribution in [0.4, 0.5) is 0 Å². The number of hydrogen-bond donors (Lipinski definition) is 1. The Hall–Kier alpha value is -0.700. The minimum absolute atomic E-state index is 0.721. The predicted octanol–water partition coefficient (Wildman–Crippen LogP) is 2.48. The first-order valence-electron chi connectivity index (χ1n) is 3.86. The lowest BCUT2D eigenvalue weighted by Crippen LogP contribution is -1.88. The molecule has 1 N–H and O–H groups in total. The second-order valence-electron chi connectivity index (χ2n) is 2.56. The molecule has 0 spiro atoms. The molecule has 0 saturated carbocycles. The molecule has 3 heteroatoms. The molecule has 0 aromatic carbocycles. The summed E-state index contributed by atoms with van der Waals surface area (Å²) in [6.07, 6.45) is 5.35. The van der Waals surface area contributed by atoms with Gasteiger partial charge in [-0.1, -0.05) is 25.6 Å². The summed E-state index contributed by atoms with van der Waals surface area (Å²) in [7, 11) is 0. The maximum atomic E-state index is 4.93. The van der Waals surface area contributed by atoms with Crippen LogP contribution in [-0.4, -0.2) is 10.2 Å². The average molecular weight is 168 g/mol. The summed E-state index contributed by atoms with van der Waals surface area (Å²) in [5.41, 5.74) is 1.23. The molecular formula is C8H12N2S. The second kappa shape index (κ2) is 4.23. The summed E-state index contributed by atoms with van der Waals surface area (Å²) in [5, 5.41) is 6.62. The average Bonchev–Trinajstić information content (AvgIpc) is 2.01. The molecule has 1 heterocycles. The topological polar surface area (TPSA) is 28.7 Å². The molecule has 0 saturated heterocycles. The van der Waals surface area contributed by atoms with E-state index in [4.69, 9.17) is 12.2 Å². The van der Waals surface area contributed by atoms with E-state index in [1.807, 2.05) is 12.3 Å². The van der Waals surface area contributed by atoms with Crippen molar-refractivity contribution in [2.45, 2.75) is 26.2 Å². The quantitative estimate of drug-likeness (QED) is 0.702. The van der Waals surface area contributed by atoms with Crippen LogP contribution in [0.25, 0.3) is 0 Å². The fourth-order valence-corrected chi connectivity index (χ4v) is 1.14. The van der Waals surface area contributed by atoms with Crippen molar-refractivity contribution in [2.75, 3.05) is 0 Å². The monoisotopic (exact) mass is 168 g/mol. The van der Waals surface area contributed by atoms with Crippen molar-refractivity contribution in [2.24, 2.45) is 0 Å². The van der Waals surface area contributed by atoms with Crippen molar-refractivity contribution < 1.29 is 0 Å². The molecule has 11 heavy (non-hydrogen) atoms. The van der Waals surface area contributed by atoms with E-state index in [-0.39, 0.29) is 0 Å². The third-order valence-electron chi connectivity index (χ3n) is 1.54. The van der Waals surface area contributed by atoms with Gasteiger partial charge in [-0.3, -0.25) is 5.10 Å². The summed E-state index contributed by atoms with van der Waals surface area (Å²) < 4.78 is 0.721. The lowest BCUT2D eigenvalue weighted by Gasteiger charge is -1.96. The Kier molecular flexibility index (Phi) is 3.23. The maximum Gasteiger partial charge on any atom is 0.119 e. The molecule has 60 valence electrons. The smallest absolute Gasteiger partial charge is 0.119 e. The number of H-pyrrole nitrogens is 1. The number of nitrogens with one attached hydrogen (secondary N) is 1. The van der Waals surface area contributed by atoms with Crippen LogP contribution < -0.4 is 0 Å². The molecule has 2 nitrogen and oxygen atoms in total. The first-order chi connectivity index (χ1) is 5.33. The lowest BCUT2D eigenvalue weighted by atomic mass is 10.1. The van der Waals surface area contributed by atoms with Crippen molar-refractivity contribution in [3.8, 4) is 0 Å². The van der Waals surface area contributed by atoms with E-state index >= 15 is 0 Å². The van der Waals surface area contributed by atoms with Gasteiger partial charge in [0.2, 0.25) is 0 Å². The molecule has 0 aliphatic carbocycles. The largest absolute Gasteiger partial charge is 0.268 e. The molecule has 1 aromatic heterocycles. The highest BCUT2D eigenvalue weighted by atomic mass is 32.1. The second-order valence-corrected chi connectivity index (χ2v) is 3.00. The van der Waals surface area contributed by atoms with Crippen LogP contribution in [0.3, 0.4) is 0 Å². The van der Waals surface area contributed by atoms with E-state index in [1.165, 1.54) is 18.4 Å². The Morgan fingerprint density at radius 3 is 3.09 bits per heavy atom. The van der Waals surface area contributed by atoms with Gasteiger partial charge in [-0.2, -0.15) is 5.10 Å². The van der Waals surface area contributed by atoms with E-state index < -0.39 is 0 Å². The highest BCUT2D eigenvalue weighted by Gasteiger charge is 1.90. The number of unbranched alkanes of at least 4 members (excludes halogenated alkanes) is 1. The van der Waals surface area contributed by atoms with E-state index in [0.29, 0.717) is 0 Å². The van der Waals surface area contributed by atoms with Crippen molar-refractivity contribution in [3.63, 3.8) is 0 Å². The molecule has 0 atom stereocenters. The maximum absolute atomic E-state index is 4.93. The first-order valence-corrected chi connectivity index (χ1v) is 4.27. The van der Waals surface area contributed by atoms with Gasteiger partial charge >= 0.3 is 0 Å². The van der Waals surface area contributed by atoms with Gasteiger partial charge in [0.25, 0.3) is 0 Å². The van der Waals surface area contributed by atoms with Gasteiger partial charge in [-0.05, 0) is 24.5 Å². The fraction of sp³-hybridized carbons (Fsp3) is 0.500. The SMILES string of the molecule is CCCCc1cn[nH]c(=S)c1. The van der Waals surface area contributed by atoms with Gasteiger partial charge in [-0.15, -0.1) is 0 Å². The molecule has 0 aliphatic rings. The van der Waals surface area contributed by atoms with Crippen LogP contribution in [0.5, 0.6) is 0 Å². The molecule has 0 fully saturated rings. The minimum Gasteiger partial charge on any atom is -0.268 e. The number of nitrogens with zero attached hydrogens (tertiary/aromatic N) is 1. The lowest BCUT2D eigenvalue weighted by molar-refractivity contribution is 0.786. The molecule has 0 radical (unpaired) electrons. The van der Waals surface area contributed by atoms with Crippen molar-refractivity contribution >= 4 is 12.2 Å². The van der Waals surface area contributed by atoms with Gasteiger partial charge < -0.3 is 0 Å². The number of aromatic nitrogens is 2. The summed E-state index contributed by atoms with van der Waals surface area (Å²) in [4.78, 5) is 0. The Balaban J connectivity index is 2.64. The highest BCUT2D eigenvalue weighted by molar-refractivity contribution is 7.71. The van der Waals surface area contributed by atoms with E-state index in [0.717, 1.165) is 11.1 Å². The first kappa shape index (κ1) is 8.40. The molecule has 0 aliphatic heterocycles. The number of aryl methyl sites for hydroxylation is 1. The van der Waals surface area contributed by atoms with Gasteiger partial charge in [0.05, 0.1) is 6.20 Å². The van der Waals surface area contributed by atoms with Crippen LogP contribution in [0, 0.1) is 4.64 Å². The van der Waals surface area contributed by atoms with Crippen LogP contribution in [0.2, 0.25) is 0 Å². The zero-order chi connectivity index (χ0) is 8.10. The van der Waals surface area contributed by atoms with E-state index in [2.05, 4.69) is 17.1 Å². The summed E-state index contributed by atoms with van der Waals surface area (Å²) in [5.74, 6) is 0. The predicted molar refractivity (Wildman–Crippen MR) is 48.0 cm³/mol. The minimum atomic E-state index is 0.721. The Morgan fingerprint density at radius 2 is 2.45 bits per heavy atom. The fourth-order valence-electron chi connectivity index (χ4n) is 0.934. The number of hydrogen-bond acceptors (Lipinski definition) is 2. The van der Waals surface area contributed by atoms with Gasteiger partial charge in [0.1, 0.15) is 4.64 Å². The van der Waals surface area contributed by atoms with Crippen LogP contribution in [-0.2, 0) is 6.42 Å². The zero-order valence-corrected chi connectivity index (χ0v) is 7.45. The third-order valence-corrected chi connectivity index (χ3v) is 1.75. The summed E-state index contributed by atoms with van der Waals surface area (Å²) >= 11 is 4.93. The Bertz CT molecular complexity index is 267. The molecule has 0 unspecified atom stereocenters. The van der Waals surface area contributed by atoms with Crippen LogP contribution in [0.1, 0.15) is 25.3 Å². The van der Waals surface area contributed by atoms with Gasteiger partial charge in [-0.25, -0.2) is 0 Å². The normalized spacial score (nSPS) is 9.91. The number of aromatic amines is 1. The van der Waals surface area contributed by atoms with Gasteiger partial charge in [0, 0.05) is 0 Å². The molecular weight excluding hydrogens is 156 g/mol. The zero-order valence-electron chi connectivity index (χ0n) is 6.63. The number of rotatable bonds is 3. The van der Waals surface area contributed by atoms with E-state index in [9.17, 15) is 0 Å². The summed E-state index contributed by atoms with van der Waals surface area (Å²) in [6.45, 7) is 2.18. The van der Waals surface area contributed by atoms with Crippen molar-refractivity contribution in [1.82, 2.24) is 10.2 Å². The van der Waals surface area contributed by atoms with E-state index in [1.54, 1.807) is 0 Å². The molecule has 0 amide bonds. The van der Waals surface area contributed by atoms with Crippen LogP contribution in [0.15, 0.2) is 12.3 Å². The highest BCUT2D eigenvalue weighted by Crippen LogP contribution is 2.01. The Labute approximate surface area is 71.7 Å². The summed E-state index contributed by atoms with van der Waals surface area (Å²) in [6, 6.07) is 1.97. The molecule has 0 bridgehead atoms. The van der Waals surface area contributed by atoms with Crippen molar-refractivity contribution in [1.29, 1.82) is 0 Å². The van der Waals surface area contributed by atoms with Gasteiger partial charge in [0.15, 0.2) is 0 Å². The standard InChI is InChI=1S/C8H12N2S/c1-2-3-4-7-5-8(11)10-9-6-7/h5-6H,2-4H2,1H3,(H,10,11).